The van der Waals surface area contributed by atoms with E-state index in [4.69, 9.17) is 0 Å². The summed E-state index contributed by atoms with van der Waals surface area (Å²) in [4.78, 5) is 14.6. The summed E-state index contributed by atoms with van der Waals surface area (Å²) in [7, 11) is 0. The molecule has 3 nitrogen and oxygen atoms in total. The van der Waals surface area contributed by atoms with Gasteiger partial charge in [-0.25, -0.2) is 0 Å². The topological polar surface area (TPSA) is 40.5 Å². The molecule has 3 heteroatoms. The number of benzene rings is 2. The second-order valence-corrected chi connectivity index (χ2v) is 5.70. The molecular formula is C18H19NO2. The highest BCUT2D eigenvalue weighted by Gasteiger charge is 2.33. The number of carbonyl (C=O) groups is 1. The Morgan fingerprint density at radius 3 is 2.62 bits per heavy atom. The fraction of sp³-hybridized carbons (Fsp3) is 0.278. The van der Waals surface area contributed by atoms with E-state index in [2.05, 4.69) is 0 Å². The summed E-state index contributed by atoms with van der Waals surface area (Å²) in [5, 5.41) is 10.3. The predicted molar refractivity (Wildman–Crippen MR) is 83.5 cm³/mol. The summed E-state index contributed by atoms with van der Waals surface area (Å²) in [6.45, 7) is 3.97. The molecule has 1 N–H and O–H groups in total. The zero-order valence-corrected chi connectivity index (χ0v) is 12.3. The van der Waals surface area contributed by atoms with E-state index in [9.17, 15) is 9.90 Å². The van der Waals surface area contributed by atoms with Gasteiger partial charge in [-0.2, -0.15) is 0 Å². The van der Waals surface area contributed by atoms with Crippen molar-refractivity contribution in [3.8, 4) is 0 Å². The highest BCUT2D eigenvalue weighted by atomic mass is 16.3. The number of hydrogen-bond donors (Lipinski definition) is 1. The van der Waals surface area contributed by atoms with Gasteiger partial charge in [-0.3, -0.25) is 4.79 Å². The van der Waals surface area contributed by atoms with Crippen molar-refractivity contribution in [2.45, 2.75) is 32.4 Å². The highest BCUT2D eigenvalue weighted by Crippen LogP contribution is 2.38. The second-order valence-electron chi connectivity index (χ2n) is 5.70. The quantitative estimate of drug-likeness (QED) is 0.869. The highest BCUT2D eigenvalue weighted by molar-refractivity contribution is 6.07. The molecule has 0 aliphatic carbocycles. The van der Waals surface area contributed by atoms with Gasteiger partial charge in [0.05, 0.1) is 11.8 Å². The minimum atomic E-state index is -0.505. The fourth-order valence-corrected chi connectivity index (χ4v) is 2.98. The molecular weight excluding hydrogens is 262 g/mol. The molecule has 0 saturated carbocycles. The number of aliphatic hydroxyl groups excluding tert-OH is 1. The summed E-state index contributed by atoms with van der Waals surface area (Å²) < 4.78 is 0. The Kier molecular flexibility index (Phi) is 3.52. The Morgan fingerprint density at radius 2 is 1.90 bits per heavy atom. The lowest BCUT2D eigenvalue weighted by Gasteiger charge is -2.38. The zero-order valence-electron chi connectivity index (χ0n) is 12.3. The lowest BCUT2D eigenvalue weighted by molar-refractivity contribution is 0.0949. The molecule has 0 unspecified atom stereocenters. The van der Waals surface area contributed by atoms with Crippen LogP contribution in [0.5, 0.6) is 0 Å². The van der Waals surface area contributed by atoms with Crippen molar-refractivity contribution in [1.82, 2.24) is 0 Å². The van der Waals surface area contributed by atoms with Gasteiger partial charge in [0.15, 0.2) is 0 Å². The molecule has 0 spiro atoms. The summed E-state index contributed by atoms with van der Waals surface area (Å²) in [6, 6.07) is 15.2. The van der Waals surface area contributed by atoms with Crippen LogP contribution in [0.4, 0.5) is 5.69 Å². The molecule has 1 heterocycles. The number of anilines is 1. The first-order chi connectivity index (χ1) is 10.1. The van der Waals surface area contributed by atoms with Crippen LogP contribution in [0.2, 0.25) is 0 Å². The van der Waals surface area contributed by atoms with Crippen LogP contribution in [0.15, 0.2) is 48.5 Å². The van der Waals surface area contributed by atoms with Crippen LogP contribution >= 0.6 is 0 Å². The van der Waals surface area contributed by atoms with Crippen LogP contribution in [-0.4, -0.2) is 17.1 Å². The fourth-order valence-electron chi connectivity index (χ4n) is 2.98. The maximum Gasteiger partial charge on any atom is 0.258 e. The van der Waals surface area contributed by atoms with Crippen molar-refractivity contribution >= 4 is 11.6 Å². The largest absolute Gasteiger partial charge is 0.388 e. The van der Waals surface area contributed by atoms with Crippen molar-refractivity contribution in [3.63, 3.8) is 0 Å². The molecule has 21 heavy (non-hydrogen) atoms. The number of aryl methyl sites for hydroxylation is 1. The molecule has 3 rings (SSSR count). The molecule has 1 aliphatic heterocycles. The van der Waals surface area contributed by atoms with Gasteiger partial charge in [0.25, 0.3) is 5.91 Å². The van der Waals surface area contributed by atoms with Crippen LogP contribution in [0, 0.1) is 6.92 Å². The number of carbonyl (C=O) groups excluding carboxylic acids is 1. The van der Waals surface area contributed by atoms with E-state index >= 15 is 0 Å². The van der Waals surface area contributed by atoms with Gasteiger partial charge in [-0.1, -0.05) is 35.9 Å². The Labute approximate surface area is 124 Å². The van der Waals surface area contributed by atoms with E-state index in [0.717, 1.165) is 16.8 Å². The third kappa shape index (κ3) is 2.45. The molecule has 2 atom stereocenters. The van der Waals surface area contributed by atoms with Gasteiger partial charge in [-0.05, 0) is 38.5 Å². The van der Waals surface area contributed by atoms with Gasteiger partial charge >= 0.3 is 0 Å². The monoisotopic (exact) mass is 281 g/mol. The van der Waals surface area contributed by atoms with Crippen molar-refractivity contribution in [2.24, 2.45) is 0 Å². The molecule has 0 radical (unpaired) electrons. The first-order valence-corrected chi connectivity index (χ1v) is 7.25. The maximum atomic E-state index is 12.8. The summed E-state index contributed by atoms with van der Waals surface area (Å²) >= 11 is 0. The average molecular weight is 281 g/mol. The molecule has 0 saturated heterocycles. The first-order valence-electron chi connectivity index (χ1n) is 7.25. The Hall–Kier alpha value is -2.13. The Bertz CT molecular complexity index is 666. The van der Waals surface area contributed by atoms with Crippen LogP contribution in [0.1, 0.15) is 40.9 Å². The molecule has 108 valence electrons. The maximum absolute atomic E-state index is 12.8. The van der Waals surface area contributed by atoms with Crippen LogP contribution in [0.3, 0.4) is 0 Å². The van der Waals surface area contributed by atoms with Crippen molar-refractivity contribution < 1.29 is 9.90 Å². The molecule has 2 aromatic carbocycles. The van der Waals surface area contributed by atoms with Gasteiger partial charge in [0.1, 0.15) is 0 Å². The number of nitrogens with zero attached hydrogens (tertiary/aromatic N) is 1. The lowest BCUT2D eigenvalue weighted by atomic mass is 9.92. The standard InChI is InChI=1S/C18H19NO2/c1-12-8-9-16-15(10-12)17(20)11-13(2)19(16)18(21)14-6-4-3-5-7-14/h3-10,13,17,20H,11H2,1-2H3/t13-,17-/m0/s1. The van der Waals surface area contributed by atoms with Crippen LogP contribution in [0.25, 0.3) is 0 Å². The van der Waals surface area contributed by atoms with Crippen molar-refractivity contribution in [1.29, 1.82) is 0 Å². The molecule has 1 amide bonds. The number of amides is 1. The minimum absolute atomic E-state index is 0.0138. The third-order valence-corrected chi connectivity index (χ3v) is 4.05. The number of rotatable bonds is 1. The van der Waals surface area contributed by atoms with Crippen molar-refractivity contribution in [3.05, 3.63) is 65.2 Å². The molecule has 0 fully saturated rings. The van der Waals surface area contributed by atoms with Gasteiger partial charge in [0.2, 0.25) is 0 Å². The third-order valence-electron chi connectivity index (χ3n) is 4.05. The Morgan fingerprint density at radius 1 is 1.19 bits per heavy atom. The van der Waals surface area contributed by atoms with E-state index in [0.29, 0.717) is 12.0 Å². The summed E-state index contributed by atoms with van der Waals surface area (Å²) in [5.74, 6) is -0.0138. The van der Waals surface area contributed by atoms with E-state index in [1.807, 2.05) is 62.4 Å². The smallest absolute Gasteiger partial charge is 0.258 e. The van der Waals surface area contributed by atoms with Gasteiger partial charge in [0, 0.05) is 17.2 Å². The Balaban J connectivity index is 2.07. The average Bonchev–Trinajstić information content (AvgIpc) is 2.48. The SMILES string of the molecule is Cc1ccc2c(c1)[C@@H](O)C[C@H](C)N2C(=O)c1ccccc1. The first kappa shape index (κ1) is 13.8. The lowest BCUT2D eigenvalue weighted by Crippen LogP contribution is -2.43. The van der Waals surface area contributed by atoms with Crippen LogP contribution < -0.4 is 4.90 Å². The predicted octanol–water partition coefficient (Wildman–Crippen LogP) is 3.47. The zero-order chi connectivity index (χ0) is 15.0. The van der Waals surface area contributed by atoms with E-state index in [1.54, 1.807) is 4.90 Å². The second kappa shape index (κ2) is 5.34. The molecule has 1 aliphatic rings. The summed E-state index contributed by atoms with van der Waals surface area (Å²) in [5.41, 5.74) is 3.43. The molecule has 0 aromatic heterocycles. The van der Waals surface area contributed by atoms with Crippen molar-refractivity contribution in [2.75, 3.05) is 4.90 Å². The van der Waals surface area contributed by atoms with Crippen LogP contribution in [-0.2, 0) is 0 Å². The van der Waals surface area contributed by atoms with E-state index < -0.39 is 6.10 Å². The number of hydrogen-bond acceptors (Lipinski definition) is 2. The molecule has 2 aromatic rings. The minimum Gasteiger partial charge on any atom is -0.388 e. The molecule has 0 bridgehead atoms. The summed E-state index contributed by atoms with van der Waals surface area (Å²) in [6.07, 6.45) is 0.0596. The van der Waals surface area contributed by atoms with E-state index in [1.165, 1.54) is 0 Å². The normalized spacial score (nSPS) is 21.0. The van der Waals surface area contributed by atoms with Gasteiger partial charge < -0.3 is 10.0 Å². The number of aliphatic hydroxyl groups is 1. The van der Waals surface area contributed by atoms with E-state index in [-0.39, 0.29) is 11.9 Å². The van der Waals surface area contributed by atoms with Gasteiger partial charge in [-0.15, -0.1) is 0 Å². The number of fused-ring (bicyclic) bond motifs is 1.